The van der Waals surface area contributed by atoms with Crippen LogP contribution in [0.15, 0.2) is 18.2 Å². The summed E-state index contributed by atoms with van der Waals surface area (Å²) in [5.41, 5.74) is 8.26. The van der Waals surface area contributed by atoms with Crippen LogP contribution in [0.4, 0.5) is 5.69 Å². The largest absolute Gasteiger partial charge is 0.399 e. The van der Waals surface area contributed by atoms with Crippen molar-refractivity contribution in [2.45, 2.75) is 12.8 Å². The third-order valence-corrected chi connectivity index (χ3v) is 2.17. The van der Waals surface area contributed by atoms with E-state index < -0.39 is 0 Å². The lowest BCUT2D eigenvalue weighted by molar-refractivity contribution is 0.192. The molecule has 0 saturated heterocycles. The fourth-order valence-corrected chi connectivity index (χ4v) is 1.41. The van der Waals surface area contributed by atoms with Crippen molar-refractivity contribution in [1.29, 1.82) is 0 Å². The van der Waals surface area contributed by atoms with Crippen LogP contribution in [0, 0.1) is 6.92 Å². The summed E-state index contributed by atoms with van der Waals surface area (Å²) in [4.78, 5) is 0. The van der Waals surface area contributed by atoms with Crippen molar-refractivity contribution in [3.63, 3.8) is 0 Å². The highest BCUT2D eigenvalue weighted by molar-refractivity contribution is 5.45. The molecular weight excluding hydrogens is 166 g/mol. The zero-order valence-electron chi connectivity index (χ0n) is 7.70. The molecule has 0 unspecified atom stereocenters. The van der Waals surface area contributed by atoms with Crippen molar-refractivity contribution in [1.82, 2.24) is 0 Å². The maximum Gasteiger partial charge on any atom is 0.0521 e. The van der Waals surface area contributed by atoms with Gasteiger partial charge in [0.2, 0.25) is 0 Å². The number of nitrogens with two attached hydrogens (primary N) is 1. The number of hydrogen-bond acceptors (Lipinski definition) is 3. The Morgan fingerprint density at radius 1 is 1.31 bits per heavy atom. The van der Waals surface area contributed by atoms with Crippen molar-refractivity contribution in [2.75, 3.05) is 18.9 Å². The lowest BCUT2D eigenvalue weighted by Crippen LogP contribution is -2.10. The van der Waals surface area contributed by atoms with Gasteiger partial charge < -0.3 is 15.9 Å². The van der Waals surface area contributed by atoms with Gasteiger partial charge in [-0.05, 0) is 30.2 Å². The summed E-state index contributed by atoms with van der Waals surface area (Å²) in [6, 6.07) is 5.47. The second kappa shape index (κ2) is 4.25. The average Bonchev–Trinajstić information content (AvgIpc) is 2.10. The molecule has 0 radical (unpaired) electrons. The first kappa shape index (κ1) is 10.0. The number of aliphatic hydroxyl groups is 2. The number of rotatable bonds is 3. The lowest BCUT2D eigenvalue weighted by atomic mass is 9.96. The molecule has 0 bridgehead atoms. The molecule has 1 aromatic carbocycles. The topological polar surface area (TPSA) is 66.5 Å². The fourth-order valence-electron chi connectivity index (χ4n) is 1.41. The number of hydrogen-bond donors (Lipinski definition) is 3. The molecule has 4 N–H and O–H groups in total. The van der Waals surface area contributed by atoms with Gasteiger partial charge in [0.25, 0.3) is 0 Å². The Kier molecular flexibility index (Phi) is 3.28. The first-order chi connectivity index (χ1) is 6.19. The molecule has 0 aliphatic carbocycles. The Hall–Kier alpha value is -1.06. The van der Waals surface area contributed by atoms with E-state index in [1.54, 1.807) is 6.07 Å². The Labute approximate surface area is 77.8 Å². The van der Waals surface area contributed by atoms with Crippen molar-refractivity contribution in [3.05, 3.63) is 29.3 Å². The first-order valence-corrected chi connectivity index (χ1v) is 4.26. The Morgan fingerprint density at radius 2 is 1.92 bits per heavy atom. The molecule has 0 fully saturated rings. The molecule has 1 rings (SSSR count). The highest BCUT2D eigenvalue weighted by Crippen LogP contribution is 2.20. The summed E-state index contributed by atoms with van der Waals surface area (Å²) in [7, 11) is 0. The minimum absolute atomic E-state index is 0.0404. The van der Waals surface area contributed by atoms with Crippen LogP contribution in [0.25, 0.3) is 0 Å². The van der Waals surface area contributed by atoms with Gasteiger partial charge in [-0.3, -0.25) is 0 Å². The molecule has 0 aliphatic rings. The number of anilines is 1. The summed E-state index contributed by atoms with van der Waals surface area (Å²) in [5, 5.41) is 18.0. The van der Waals surface area contributed by atoms with Gasteiger partial charge in [-0.1, -0.05) is 6.07 Å². The van der Waals surface area contributed by atoms with Gasteiger partial charge in [-0.15, -0.1) is 0 Å². The lowest BCUT2D eigenvalue weighted by Gasteiger charge is -2.14. The summed E-state index contributed by atoms with van der Waals surface area (Å²) in [6.45, 7) is 1.84. The van der Waals surface area contributed by atoms with E-state index >= 15 is 0 Å². The van der Waals surface area contributed by atoms with Crippen LogP contribution in [0.2, 0.25) is 0 Å². The van der Waals surface area contributed by atoms with Gasteiger partial charge in [-0.25, -0.2) is 0 Å². The molecule has 0 spiro atoms. The predicted octanol–water partition coefficient (Wildman–Crippen LogP) is 0.645. The maximum atomic E-state index is 8.98. The highest BCUT2D eigenvalue weighted by atomic mass is 16.3. The van der Waals surface area contributed by atoms with Gasteiger partial charge in [0.15, 0.2) is 0 Å². The third-order valence-electron chi connectivity index (χ3n) is 2.17. The van der Waals surface area contributed by atoms with E-state index in [0.29, 0.717) is 5.69 Å². The minimum atomic E-state index is -0.194. The summed E-state index contributed by atoms with van der Waals surface area (Å²) < 4.78 is 0. The molecule has 72 valence electrons. The Bertz CT molecular complexity index is 282. The van der Waals surface area contributed by atoms with E-state index in [9.17, 15) is 0 Å². The van der Waals surface area contributed by atoms with Gasteiger partial charge in [0.05, 0.1) is 13.2 Å². The van der Waals surface area contributed by atoms with E-state index in [1.807, 2.05) is 19.1 Å². The fraction of sp³-hybridized carbons (Fsp3) is 0.400. The van der Waals surface area contributed by atoms with E-state index in [4.69, 9.17) is 15.9 Å². The maximum absolute atomic E-state index is 8.98. The highest BCUT2D eigenvalue weighted by Gasteiger charge is 2.11. The summed E-state index contributed by atoms with van der Waals surface area (Å²) >= 11 is 0. The standard InChI is InChI=1S/C10H15NO2/c1-7-4-9(11)2-3-10(7)8(5-12)6-13/h2-4,8,12-13H,5-6,11H2,1H3. The van der Waals surface area contributed by atoms with Crippen molar-refractivity contribution < 1.29 is 10.2 Å². The number of nitrogen functional groups attached to an aromatic ring is 1. The molecule has 0 amide bonds. The number of benzene rings is 1. The van der Waals surface area contributed by atoms with Crippen molar-refractivity contribution >= 4 is 5.69 Å². The Balaban J connectivity index is 2.99. The minimum Gasteiger partial charge on any atom is -0.399 e. The Morgan fingerprint density at radius 3 is 2.38 bits per heavy atom. The van der Waals surface area contributed by atoms with Crippen LogP contribution in [0.5, 0.6) is 0 Å². The molecule has 0 saturated carbocycles. The summed E-state index contributed by atoms with van der Waals surface area (Å²) in [6.07, 6.45) is 0. The molecular formula is C10H15NO2. The number of aliphatic hydroxyl groups excluding tert-OH is 2. The molecule has 0 heterocycles. The first-order valence-electron chi connectivity index (χ1n) is 4.26. The molecule has 3 heteroatoms. The van der Waals surface area contributed by atoms with Crippen LogP contribution in [0.3, 0.4) is 0 Å². The second-order valence-corrected chi connectivity index (χ2v) is 3.18. The normalized spacial score (nSPS) is 10.8. The van der Waals surface area contributed by atoms with Gasteiger partial charge in [0.1, 0.15) is 0 Å². The molecule has 0 atom stereocenters. The quantitative estimate of drug-likeness (QED) is 0.600. The van der Waals surface area contributed by atoms with Crippen LogP contribution >= 0.6 is 0 Å². The van der Waals surface area contributed by atoms with Gasteiger partial charge in [-0.2, -0.15) is 0 Å². The summed E-state index contributed by atoms with van der Waals surface area (Å²) in [5.74, 6) is -0.194. The van der Waals surface area contributed by atoms with Crippen LogP contribution in [-0.2, 0) is 0 Å². The van der Waals surface area contributed by atoms with E-state index in [-0.39, 0.29) is 19.1 Å². The number of aryl methyl sites for hydroxylation is 1. The van der Waals surface area contributed by atoms with Gasteiger partial charge in [0, 0.05) is 11.6 Å². The predicted molar refractivity (Wildman–Crippen MR) is 52.5 cm³/mol. The van der Waals surface area contributed by atoms with E-state index in [2.05, 4.69) is 0 Å². The monoisotopic (exact) mass is 181 g/mol. The van der Waals surface area contributed by atoms with E-state index in [0.717, 1.165) is 11.1 Å². The molecule has 3 nitrogen and oxygen atoms in total. The van der Waals surface area contributed by atoms with E-state index in [1.165, 1.54) is 0 Å². The molecule has 1 aromatic rings. The zero-order chi connectivity index (χ0) is 9.84. The second-order valence-electron chi connectivity index (χ2n) is 3.18. The van der Waals surface area contributed by atoms with Gasteiger partial charge >= 0.3 is 0 Å². The SMILES string of the molecule is Cc1cc(N)ccc1C(CO)CO. The van der Waals surface area contributed by atoms with Crippen LogP contribution < -0.4 is 5.73 Å². The smallest absolute Gasteiger partial charge is 0.0521 e. The third kappa shape index (κ3) is 2.20. The molecule has 0 aliphatic heterocycles. The zero-order valence-corrected chi connectivity index (χ0v) is 7.70. The molecule has 13 heavy (non-hydrogen) atoms. The van der Waals surface area contributed by atoms with Crippen LogP contribution in [0.1, 0.15) is 17.0 Å². The molecule has 0 aromatic heterocycles. The average molecular weight is 181 g/mol. The van der Waals surface area contributed by atoms with Crippen LogP contribution in [-0.4, -0.2) is 23.4 Å². The van der Waals surface area contributed by atoms with Crippen molar-refractivity contribution in [2.24, 2.45) is 0 Å². The van der Waals surface area contributed by atoms with Crippen molar-refractivity contribution in [3.8, 4) is 0 Å².